The average molecular weight is 479 g/mol. The fraction of sp³-hybridized carbons (Fsp3) is 0.0952. The van der Waals surface area contributed by atoms with Crippen LogP contribution in [0.1, 0.15) is 10.4 Å². The molecule has 0 spiro atoms. The lowest BCUT2D eigenvalue weighted by atomic mass is 10.2. The molecule has 160 valence electrons. The third-order valence-corrected chi connectivity index (χ3v) is 6.31. The van der Waals surface area contributed by atoms with Crippen LogP contribution in [0.3, 0.4) is 0 Å². The van der Waals surface area contributed by atoms with Crippen LogP contribution in [0.2, 0.25) is 10.0 Å². The predicted molar refractivity (Wildman–Crippen MR) is 119 cm³/mol. The fourth-order valence-corrected chi connectivity index (χ4v) is 4.43. The van der Waals surface area contributed by atoms with Gasteiger partial charge in [-0.05, 0) is 48.5 Å². The van der Waals surface area contributed by atoms with E-state index in [9.17, 15) is 13.2 Å². The summed E-state index contributed by atoms with van der Waals surface area (Å²) in [6.07, 6.45) is 0. The van der Waals surface area contributed by atoms with Crippen LogP contribution in [0.5, 0.6) is 11.5 Å². The zero-order valence-electron chi connectivity index (χ0n) is 15.9. The van der Waals surface area contributed by atoms with Gasteiger partial charge >= 0.3 is 0 Å². The Bertz CT molecular complexity index is 1260. The van der Waals surface area contributed by atoms with Crippen molar-refractivity contribution >= 4 is 50.5 Å². The Kier molecular flexibility index (Phi) is 5.95. The molecule has 3 aromatic carbocycles. The van der Waals surface area contributed by atoms with Crippen LogP contribution in [0.15, 0.2) is 65.6 Å². The fourth-order valence-electron chi connectivity index (χ4n) is 2.91. The van der Waals surface area contributed by atoms with Crippen molar-refractivity contribution in [2.24, 2.45) is 0 Å². The number of hydrogen-bond donors (Lipinski definition) is 2. The van der Waals surface area contributed by atoms with Gasteiger partial charge in [0, 0.05) is 22.3 Å². The van der Waals surface area contributed by atoms with Crippen LogP contribution < -0.4 is 19.5 Å². The minimum Gasteiger partial charge on any atom is -0.486 e. The molecule has 0 unspecified atom stereocenters. The molecule has 1 amide bonds. The van der Waals surface area contributed by atoms with Crippen molar-refractivity contribution in [3.63, 3.8) is 0 Å². The lowest BCUT2D eigenvalue weighted by molar-refractivity contribution is 0.102. The molecule has 2 N–H and O–H groups in total. The number of amides is 1. The second-order valence-corrected chi connectivity index (χ2v) is 9.10. The predicted octanol–water partition coefficient (Wildman–Crippen LogP) is 4.82. The van der Waals surface area contributed by atoms with E-state index < -0.39 is 15.9 Å². The average Bonchev–Trinajstić information content (AvgIpc) is 2.75. The number of rotatable bonds is 5. The summed E-state index contributed by atoms with van der Waals surface area (Å²) in [7, 11) is -3.91. The Morgan fingerprint density at radius 3 is 2.45 bits per heavy atom. The molecule has 0 aromatic heterocycles. The number of benzene rings is 3. The van der Waals surface area contributed by atoms with Crippen molar-refractivity contribution in [1.82, 2.24) is 0 Å². The Hall–Kier alpha value is -2.94. The molecule has 1 heterocycles. The smallest absolute Gasteiger partial charge is 0.262 e. The van der Waals surface area contributed by atoms with Gasteiger partial charge in [-0.1, -0.05) is 29.3 Å². The number of carbonyl (C=O) groups is 1. The zero-order chi connectivity index (χ0) is 22.0. The third-order valence-electron chi connectivity index (χ3n) is 4.38. The van der Waals surface area contributed by atoms with Gasteiger partial charge in [0.25, 0.3) is 15.9 Å². The molecule has 0 saturated carbocycles. The summed E-state index contributed by atoms with van der Waals surface area (Å²) in [5, 5.41) is 3.40. The molecule has 0 aliphatic carbocycles. The minimum absolute atomic E-state index is 0.0135. The molecule has 0 fully saturated rings. The molecule has 0 saturated heterocycles. The molecule has 1 aliphatic heterocycles. The van der Waals surface area contributed by atoms with E-state index in [-0.39, 0.29) is 21.2 Å². The number of anilines is 2. The van der Waals surface area contributed by atoms with Crippen molar-refractivity contribution in [3.8, 4) is 11.5 Å². The first-order chi connectivity index (χ1) is 14.8. The van der Waals surface area contributed by atoms with Gasteiger partial charge in [-0.25, -0.2) is 8.42 Å². The van der Waals surface area contributed by atoms with Crippen LogP contribution in [-0.2, 0) is 10.0 Å². The van der Waals surface area contributed by atoms with Crippen LogP contribution in [0.4, 0.5) is 11.4 Å². The van der Waals surface area contributed by atoms with Crippen molar-refractivity contribution in [1.29, 1.82) is 0 Å². The van der Waals surface area contributed by atoms with Gasteiger partial charge in [0.05, 0.1) is 15.6 Å². The number of ether oxygens (including phenoxy) is 2. The highest BCUT2D eigenvalue weighted by molar-refractivity contribution is 7.92. The molecule has 4 rings (SSSR count). The summed E-state index contributed by atoms with van der Waals surface area (Å²) in [5.41, 5.74) is 0.858. The van der Waals surface area contributed by atoms with E-state index in [0.29, 0.717) is 35.4 Å². The van der Waals surface area contributed by atoms with E-state index >= 15 is 0 Å². The molecular formula is C21H16Cl2N2O5S. The molecule has 31 heavy (non-hydrogen) atoms. The zero-order valence-corrected chi connectivity index (χ0v) is 18.2. The highest BCUT2D eigenvalue weighted by Crippen LogP contribution is 2.33. The summed E-state index contributed by atoms with van der Waals surface area (Å²) >= 11 is 12.0. The normalized spacial score (nSPS) is 12.8. The van der Waals surface area contributed by atoms with Gasteiger partial charge in [-0.2, -0.15) is 0 Å². The number of sulfonamides is 1. The number of hydrogen-bond acceptors (Lipinski definition) is 5. The summed E-state index contributed by atoms with van der Waals surface area (Å²) in [6, 6.07) is 15.2. The number of fused-ring (bicyclic) bond motifs is 1. The maximum atomic E-state index is 12.8. The monoisotopic (exact) mass is 478 g/mol. The van der Waals surface area contributed by atoms with Crippen LogP contribution in [0, 0.1) is 0 Å². The van der Waals surface area contributed by atoms with Crippen LogP contribution in [-0.4, -0.2) is 27.5 Å². The first kappa shape index (κ1) is 21.3. The molecule has 0 bridgehead atoms. The quantitative estimate of drug-likeness (QED) is 0.548. The van der Waals surface area contributed by atoms with Crippen molar-refractivity contribution in [2.45, 2.75) is 4.90 Å². The van der Waals surface area contributed by atoms with Gasteiger partial charge in [-0.3, -0.25) is 9.52 Å². The van der Waals surface area contributed by atoms with Gasteiger partial charge in [0.1, 0.15) is 13.2 Å². The Morgan fingerprint density at radius 1 is 0.903 bits per heavy atom. The van der Waals surface area contributed by atoms with Gasteiger partial charge in [0.15, 0.2) is 11.5 Å². The van der Waals surface area contributed by atoms with Crippen LogP contribution in [0.25, 0.3) is 0 Å². The van der Waals surface area contributed by atoms with Gasteiger partial charge < -0.3 is 14.8 Å². The highest BCUT2D eigenvalue weighted by Gasteiger charge is 2.20. The minimum atomic E-state index is -3.91. The van der Waals surface area contributed by atoms with E-state index in [4.69, 9.17) is 32.7 Å². The lowest BCUT2D eigenvalue weighted by Crippen LogP contribution is -2.17. The first-order valence-corrected chi connectivity index (χ1v) is 11.3. The molecule has 1 aliphatic rings. The number of carbonyl (C=O) groups excluding carboxylic acids is 1. The van der Waals surface area contributed by atoms with Crippen molar-refractivity contribution in [2.75, 3.05) is 23.3 Å². The summed E-state index contributed by atoms with van der Waals surface area (Å²) in [4.78, 5) is 12.6. The maximum absolute atomic E-state index is 12.8. The topological polar surface area (TPSA) is 93.7 Å². The number of halogens is 2. The Labute approximate surface area is 188 Å². The summed E-state index contributed by atoms with van der Waals surface area (Å²) in [6.45, 7) is 0.756. The molecule has 7 nitrogen and oxygen atoms in total. The Balaban J connectivity index is 1.53. The largest absolute Gasteiger partial charge is 0.486 e. The van der Waals surface area contributed by atoms with Gasteiger partial charge in [0.2, 0.25) is 0 Å². The molecular weight excluding hydrogens is 463 g/mol. The lowest BCUT2D eigenvalue weighted by Gasteiger charge is -2.19. The van der Waals surface area contributed by atoms with E-state index in [2.05, 4.69) is 10.0 Å². The maximum Gasteiger partial charge on any atom is 0.262 e. The van der Waals surface area contributed by atoms with E-state index in [1.54, 1.807) is 36.4 Å². The Morgan fingerprint density at radius 2 is 1.68 bits per heavy atom. The summed E-state index contributed by atoms with van der Waals surface area (Å²) < 4.78 is 38.9. The molecule has 3 aromatic rings. The second kappa shape index (κ2) is 8.66. The van der Waals surface area contributed by atoms with E-state index in [1.807, 2.05) is 0 Å². The molecule has 10 heteroatoms. The number of nitrogens with one attached hydrogen (secondary N) is 2. The summed E-state index contributed by atoms with van der Waals surface area (Å²) in [5.74, 6) is 0.399. The third kappa shape index (κ3) is 4.87. The first-order valence-electron chi connectivity index (χ1n) is 9.11. The van der Waals surface area contributed by atoms with E-state index in [0.717, 1.165) is 0 Å². The second-order valence-electron chi connectivity index (χ2n) is 6.57. The molecule has 0 atom stereocenters. The molecule has 0 radical (unpaired) electrons. The highest BCUT2D eigenvalue weighted by atomic mass is 35.5. The van der Waals surface area contributed by atoms with Gasteiger partial charge in [-0.15, -0.1) is 0 Å². The van der Waals surface area contributed by atoms with Crippen molar-refractivity contribution < 1.29 is 22.7 Å². The van der Waals surface area contributed by atoms with Crippen LogP contribution >= 0.6 is 23.2 Å². The SMILES string of the molecule is O=C(Nc1ccc(Cl)cc1Cl)c1cccc(NS(=O)(=O)c2ccc3c(c2)OCCO3)c1. The van der Waals surface area contributed by atoms with Crippen molar-refractivity contribution in [3.05, 3.63) is 76.3 Å². The van der Waals surface area contributed by atoms with E-state index in [1.165, 1.54) is 24.3 Å². The standard InChI is InChI=1S/C21H16Cl2N2O5S/c22-14-4-6-18(17(23)11-14)24-21(26)13-2-1-3-15(10-13)25-31(27,28)16-5-7-19-20(12-16)30-9-8-29-19/h1-7,10-12,25H,8-9H2,(H,24,26).